The molecule has 2 rings (SSSR count). The van der Waals surface area contributed by atoms with Crippen molar-refractivity contribution in [2.45, 2.75) is 6.92 Å². The number of hydrogen-bond donors (Lipinski definition) is 0. The van der Waals surface area contributed by atoms with E-state index in [1.807, 2.05) is 6.92 Å². The summed E-state index contributed by atoms with van der Waals surface area (Å²) in [5, 5.41) is 0.203. The third-order valence-corrected chi connectivity index (χ3v) is 2.77. The molecular formula is C15H12ClFO2. The first-order valence-electron chi connectivity index (χ1n) is 5.84. The van der Waals surface area contributed by atoms with E-state index in [-0.39, 0.29) is 16.4 Å². The van der Waals surface area contributed by atoms with Crippen molar-refractivity contribution in [3.8, 4) is 5.75 Å². The molecule has 0 aliphatic heterocycles. The Labute approximate surface area is 115 Å². The molecule has 0 aromatic heterocycles. The number of hydrogen-bond acceptors (Lipinski definition) is 2. The monoisotopic (exact) mass is 278 g/mol. The molecule has 0 heterocycles. The predicted molar refractivity (Wildman–Crippen MR) is 72.5 cm³/mol. The Morgan fingerprint density at radius 2 is 1.84 bits per heavy atom. The first kappa shape index (κ1) is 13.6. The number of ketones is 1. The van der Waals surface area contributed by atoms with Gasteiger partial charge in [0.1, 0.15) is 11.6 Å². The van der Waals surface area contributed by atoms with Gasteiger partial charge in [-0.25, -0.2) is 4.39 Å². The summed E-state index contributed by atoms with van der Waals surface area (Å²) in [5.41, 5.74) is 0.694. The lowest BCUT2D eigenvalue weighted by Crippen LogP contribution is -2.02. The van der Waals surface area contributed by atoms with Crippen molar-refractivity contribution >= 4 is 17.4 Å². The summed E-state index contributed by atoms with van der Waals surface area (Å²) < 4.78 is 18.5. The predicted octanol–water partition coefficient (Wildman–Crippen LogP) is 4.11. The van der Waals surface area contributed by atoms with Crippen LogP contribution in [0.25, 0.3) is 0 Å². The van der Waals surface area contributed by atoms with Gasteiger partial charge in [-0.3, -0.25) is 4.79 Å². The molecule has 0 aliphatic carbocycles. The van der Waals surface area contributed by atoms with Crippen LogP contribution in [0.3, 0.4) is 0 Å². The van der Waals surface area contributed by atoms with Crippen molar-refractivity contribution in [2.24, 2.45) is 0 Å². The average Bonchev–Trinajstić information content (AvgIpc) is 2.38. The Bertz CT molecular complexity index is 573. The molecule has 98 valence electrons. The molecule has 0 spiro atoms. The molecule has 0 saturated carbocycles. The quantitative estimate of drug-likeness (QED) is 0.787. The molecule has 0 fully saturated rings. The smallest absolute Gasteiger partial charge is 0.193 e. The third-order valence-electron chi connectivity index (χ3n) is 2.55. The SMILES string of the molecule is CCOc1ccc(C(=O)c2cc(F)cc(Cl)c2)cc1. The lowest BCUT2D eigenvalue weighted by atomic mass is 10.0. The standard InChI is InChI=1S/C15H12ClFO2/c1-2-19-14-5-3-10(4-6-14)15(18)11-7-12(16)9-13(17)8-11/h3-9H,2H2,1H3. The number of benzene rings is 2. The first-order valence-corrected chi connectivity index (χ1v) is 6.21. The number of ether oxygens (including phenoxy) is 1. The normalized spacial score (nSPS) is 10.3. The maximum Gasteiger partial charge on any atom is 0.193 e. The zero-order chi connectivity index (χ0) is 13.8. The van der Waals surface area contributed by atoms with Crippen LogP contribution < -0.4 is 4.74 Å². The molecule has 0 bridgehead atoms. The molecular weight excluding hydrogens is 267 g/mol. The second-order valence-electron chi connectivity index (χ2n) is 3.94. The van der Waals surface area contributed by atoms with Gasteiger partial charge in [0.05, 0.1) is 6.61 Å². The molecule has 0 amide bonds. The fraction of sp³-hybridized carbons (Fsp3) is 0.133. The lowest BCUT2D eigenvalue weighted by Gasteiger charge is -2.05. The second-order valence-corrected chi connectivity index (χ2v) is 4.38. The largest absolute Gasteiger partial charge is 0.494 e. The highest BCUT2D eigenvalue weighted by molar-refractivity contribution is 6.31. The fourth-order valence-corrected chi connectivity index (χ4v) is 1.94. The minimum absolute atomic E-state index is 0.203. The van der Waals surface area contributed by atoms with Crippen molar-refractivity contribution in [3.05, 3.63) is 64.4 Å². The van der Waals surface area contributed by atoms with E-state index in [0.29, 0.717) is 17.9 Å². The number of carbonyl (C=O) groups excluding carboxylic acids is 1. The summed E-state index contributed by atoms with van der Waals surface area (Å²) >= 11 is 5.74. The van der Waals surface area contributed by atoms with Crippen LogP contribution in [0.5, 0.6) is 5.75 Å². The van der Waals surface area contributed by atoms with Crippen LogP contribution in [0.1, 0.15) is 22.8 Å². The van der Waals surface area contributed by atoms with Gasteiger partial charge < -0.3 is 4.74 Å². The maximum absolute atomic E-state index is 13.2. The van der Waals surface area contributed by atoms with E-state index in [4.69, 9.17) is 16.3 Å². The summed E-state index contributed by atoms with van der Waals surface area (Å²) in [6.07, 6.45) is 0. The Kier molecular flexibility index (Phi) is 4.17. The minimum atomic E-state index is -0.526. The van der Waals surface area contributed by atoms with Gasteiger partial charge in [0.15, 0.2) is 5.78 Å². The number of carbonyl (C=O) groups is 1. The van der Waals surface area contributed by atoms with Gasteiger partial charge in [0, 0.05) is 16.1 Å². The van der Waals surface area contributed by atoms with E-state index in [0.717, 1.165) is 6.07 Å². The molecule has 0 atom stereocenters. The van der Waals surface area contributed by atoms with Gasteiger partial charge in [-0.1, -0.05) is 11.6 Å². The molecule has 0 N–H and O–H groups in total. The number of rotatable bonds is 4. The van der Waals surface area contributed by atoms with Gasteiger partial charge in [-0.15, -0.1) is 0 Å². The van der Waals surface area contributed by atoms with Crippen LogP contribution in [-0.4, -0.2) is 12.4 Å². The fourth-order valence-electron chi connectivity index (χ4n) is 1.72. The summed E-state index contributed by atoms with van der Waals surface area (Å²) in [6, 6.07) is 10.5. The molecule has 19 heavy (non-hydrogen) atoms. The third kappa shape index (κ3) is 3.32. The first-order chi connectivity index (χ1) is 9.10. The number of halogens is 2. The van der Waals surface area contributed by atoms with Crippen molar-refractivity contribution < 1.29 is 13.9 Å². The van der Waals surface area contributed by atoms with Gasteiger partial charge in [0.25, 0.3) is 0 Å². The topological polar surface area (TPSA) is 26.3 Å². The van der Waals surface area contributed by atoms with Crippen LogP contribution in [-0.2, 0) is 0 Å². The highest BCUT2D eigenvalue weighted by Gasteiger charge is 2.11. The minimum Gasteiger partial charge on any atom is -0.494 e. The Morgan fingerprint density at radius 1 is 1.16 bits per heavy atom. The Balaban J connectivity index is 2.28. The van der Waals surface area contributed by atoms with E-state index >= 15 is 0 Å². The molecule has 2 nitrogen and oxygen atoms in total. The zero-order valence-electron chi connectivity index (χ0n) is 10.3. The van der Waals surface area contributed by atoms with Crippen LogP contribution in [0.15, 0.2) is 42.5 Å². The van der Waals surface area contributed by atoms with E-state index in [9.17, 15) is 9.18 Å². The maximum atomic E-state index is 13.2. The van der Waals surface area contributed by atoms with E-state index in [2.05, 4.69) is 0 Å². The van der Waals surface area contributed by atoms with Crippen molar-refractivity contribution in [1.82, 2.24) is 0 Å². The molecule has 0 radical (unpaired) electrons. The molecule has 0 unspecified atom stereocenters. The van der Waals surface area contributed by atoms with Crippen molar-refractivity contribution in [3.63, 3.8) is 0 Å². The molecule has 4 heteroatoms. The Morgan fingerprint density at radius 3 is 2.42 bits per heavy atom. The van der Waals surface area contributed by atoms with Crippen LogP contribution in [0.4, 0.5) is 4.39 Å². The van der Waals surface area contributed by atoms with E-state index in [1.54, 1.807) is 24.3 Å². The molecule has 2 aromatic rings. The highest BCUT2D eigenvalue weighted by atomic mass is 35.5. The van der Waals surface area contributed by atoms with Crippen molar-refractivity contribution in [2.75, 3.05) is 6.61 Å². The summed E-state index contributed by atoms with van der Waals surface area (Å²) in [4.78, 5) is 12.2. The Hall–Kier alpha value is -1.87. The zero-order valence-corrected chi connectivity index (χ0v) is 11.1. The van der Waals surface area contributed by atoms with E-state index < -0.39 is 5.82 Å². The molecule has 0 saturated heterocycles. The van der Waals surface area contributed by atoms with Gasteiger partial charge in [-0.2, -0.15) is 0 Å². The van der Waals surface area contributed by atoms with Crippen molar-refractivity contribution in [1.29, 1.82) is 0 Å². The second kappa shape index (κ2) is 5.85. The summed E-state index contributed by atoms with van der Waals surface area (Å²) in [7, 11) is 0. The van der Waals surface area contributed by atoms with Crippen LogP contribution in [0, 0.1) is 5.82 Å². The van der Waals surface area contributed by atoms with Crippen LogP contribution in [0.2, 0.25) is 5.02 Å². The van der Waals surface area contributed by atoms with Gasteiger partial charge in [0.2, 0.25) is 0 Å². The average molecular weight is 279 g/mol. The van der Waals surface area contributed by atoms with Gasteiger partial charge >= 0.3 is 0 Å². The molecule has 2 aromatic carbocycles. The van der Waals surface area contributed by atoms with E-state index in [1.165, 1.54) is 12.1 Å². The van der Waals surface area contributed by atoms with Gasteiger partial charge in [-0.05, 0) is 49.4 Å². The summed E-state index contributed by atoms with van der Waals surface area (Å²) in [6.45, 7) is 2.45. The molecule has 0 aliphatic rings. The highest BCUT2D eigenvalue weighted by Crippen LogP contribution is 2.19. The van der Waals surface area contributed by atoms with Crippen LogP contribution >= 0.6 is 11.6 Å². The summed E-state index contributed by atoms with van der Waals surface area (Å²) in [5.74, 6) is -0.109. The lowest BCUT2D eigenvalue weighted by molar-refractivity contribution is 0.103.